The molecule has 186 valence electrons. The fourth-order valence-corrected chi connectivity index (χ4v) is 3.65. The molecule has 1 aromatic rings. The van der Waals surface area contributed by atoms with Gasteiger partial charge in [0.15, 0.2) is 0 Å². The van der Waals surface area contributed by atoms with Gasteiger partial charge in [-0.15, -0.1) is 0 Å². The van der Waals surface area contributed by atoms with E-state index in [9.17, 15) is 19.5 Å². The molecule has 8 nitrogen and oxygen atoms in total. The van der Waals surface area contributed by atoms with Gasteiger partial charge in [-0.1, -0.05) is 18.2 Å². The number of phenolic OH excluding ortho intramolecular Hbond substituents is 1. The molecule has 33 heavy (non-hydrogen) atoms. The molecule has 1 rings (SSSR count). The van der Waals surface area contributed by atoms with Crippen molar-refractivity contribution in [3.05, 3.63) is 29.3 Å². The minimum Gasteiger partial charge on any atom is -0.507 e. The molecule has 0 radical (unpaired) electrons. The third-order valence-electron chi connectivity index (χ3n) is 4.64. The summed E-state index contributed by atoms with van der Waals surface area (Å²) < 4.78 is 5.32. The maximum Gasteiger partial charge on any atom is 0.408 e. The number of hydrogen-bond acceptors (Lipinski definition) is 6. The molecule has 0 heterocycles. The van der Waals surface area contributed by atoms with Gasteiger partial charge in [-0.3, -0.25) is 9.59 Å². The molecule has 0 aromatic heterocycles. The molecule has 0 saturated carbocycles. The van der Waals surface area contributed by atoms with Crippen LogP contribution in [0.15, 0.2) is 18.2 Å². The number of nitrogens with one attached hydrogen (secondary N) is 2. The lowest BCUT2D eigenvalue weighted by Gasteiger charge is -2.34. The Bertz CT molecular complexity index is 845. The first-order valence-corrected chi connectivity index (χ1v) is 12.3. The van der Waals surface area contributed by atoms with Crippen LogP contribution in [0.2, 0.25) is 0 Å². The third kappa shape index (κ3) is 9.15. The van der Waals surface area contributed by atoms with Crippen molar-refractivity contribution in [1.82, 2.24) is 15.5 Å². The summed E-state index contributed by atoms with van der Waals surface area (Å²) in [5, 5.41) is 16.2. The van der Waals surface area contributed by atoms with Crippen molar-refractivity contribution < 1.29 is 24.2 Å². The summed E-state index contributed by atoms with van der Waals surface area (Å²) >= 11 is 1.54. The number of aryl methyl sites for hydroxylation is 1. The summed E-state index contributed by atoms with van der Waals surface area (Å²) in [6.07, 6.45) is 1.56. The molecule has 0 spiro atoms. The summed E-state index contributed by atoms with van der Waals surface area (Å²) in [5.74, 6) is -0.314. The van der Waals surface area contributed by atoms with Crippen molar-refractivity contribution in [3.8, 4) is 5.75 Å². The van der Waals surface area contributed by atoms with Crippen molar-refractivity contribution in [2.75, 3.05) is 19.1 Å². The van der Waals surface area contributed by atoms with E-state index in [1.807, 2.05) is 27.0 Å². The Balaban J connectivity index is 3.34. The lowest BCUT2D eigenvalue weighted by atomic mass is 9.98. The van der Waals surface area contributed by atoms with Gasteiger partial charge in [0, 0.05) is 18.2 Å². The van der Waals surface area contributed by atoms with Gasteiger partial charge in [-0.05, 0) is 72.5 Å². The maximum absolute atomic E-state index is 13.5. The van der Waals surface area contributed by atoms with Crippen LogP contribution in [-0.2, 0) is 14.3 Å². The SMILES string of the molecule is CSCCC(NC(=O)OC(C)(C)C)C(=O)N(C)C(C(=O)NC(C)(C)C)c1cccc(C)c1O. The van der Waals surface area contributed by atoms with Gasteiger partial charge in [-0.2, -0.15) is 11.8 Å². The number of para-hydroxylation sites is 1. The predicted molar refractivity (Wildman–Crippen MR) is 132 cm³/mol. The molecule has 0 fully saturated rings. The minimum absolute atomic E-state index is 0.0491. The molecule has 0 bridgehead atoms. The Kier molecular flexibility index (Phi) is 10.1. The monoisotopic (exact) mass is 481 g/mol. The van der Waals surface area contributed by atoms with Gasteiger partial charge in [0.25, 0.3) is 0 Å². The molecule has 2 atom stereocenters. The largest absolute Gasteiger partial charge is 0.507 e. The number of ether oxygens (including phenoxy) is 1. The zero-order valence-electron chi connectivity index (χ0n) is 21.2. The predicted octanol–water partition coefficient (Wildman–Crippen LogP) is 3.76. The van der Waals surface area contributed by atoms with Gasteiger partial charge >= 0.3 is 6.09 Å². The van der Waals surface area contributed by atoms with Gasteiger partial charge in [0.2, 0.25) is 11.8 Å². The van der Waals surface area contributed by atoms with Crippen LogP contribution in [-0.4, -0.2) is 64.2 Å². The van der Waals surface area contributed by atoms with E-state index >= 15 is 0 Å². The quantitative estimate of drug-likeness (QED) is 0.522. The molecule has 0 saturated heterocycles. The number of amides is 3. The van der Waals surface area contributed by atoms with Gasteiger partial charge < -0.3 is 25.4 Å². The van der Waals surface area contributed by atoms with Crippen LogP contribution < -0.4 is 10.6 Å². The molecule has 0 aliphatic rings. The number of alkyl carbamates (subject to hydrolysis) is 1. The molecule has 1 aromatic carbocycles. The van der Waals surface area contributed by atoms with Crippen LogP contribution in [0.5, 0.6) is 5.75 Å². The first-order chi connectivity index (χ1) is 15.1. The highest BCUT2D eigenvalue weighted by molar-refractivity contribution is 7.98. The van der Waals surface area contributed by atoms with E-state index in [0.29, 0.717) is 23.3 Å². The van der Waals surface area contributed by atoms with Crippen LogP contribution in [0.3, 0.4) is 0 Å². The van der Waals surface area contributed by atoms with Crippen molar-refractivity contribution in [3.63, 3.8) is 0 Å². The zero-order valence-corrected chi connectivity index (χ0v) is 22.1. The summed E-state index contributed by atoms with van der Waals surface area (Å²) in [4.78, 5) is 40.5. The standard InChI is InChI=1S/C24H39N3O5S/c1-15-11-10-12-16(19(15)28)18(20(29)26-23(2,3)4)27(8)21(30)17(13-14-33-9)25-22(31)32-24(5,6)7/h10-12,17-18,28H,13-14H2,1-9H3,(H,25,31)(H,26,29). The summed E-state index contributed by atoms with van der Waals surface area (Å²) in [7, 11) is 1.50. The first-order valence-electron chi connectivity index (χ1n) is 10.9. The van der Waals surface area contributed by atoms with E-state index in [-0.39, 0.29) is 5.75 Å². The lowest BCUT2D eigenvalue weighted by molar-refractivity contribution is -0.141. The topological polar surface area (TPSA) is 108 Å². The Labute approximate surface area is 201 Å². The smallest absolute Gasteiger partial charge is 0.408 e. The number of aromatic hydroxyl groups is 1. The Morgan fingerprint density at radius 1 is 1.15 bits per heavy atom. The van der Waals surface area contributed by atoms with E-state index < -0.39 is 41.1 Å². The van der Waals surface area contributed by atoms with Crippen LogP contribution in [0.4, 0.5) is 4.79 Å². The third-order valence-corrected chi connectivity index (χ3v) is 5.29. The number of rotatable bonds is 8. The summed E-state index contributed by atoms with van der Waals surface area (Å²) in [6.45, 7) is 12.5. The molecular weight excluding hydrogens is 442 g/mol. The Morgan fingerprint density at radius 3 is 2.27 bits per heavy atom. The summed E-state index contributed by atoms with van der Waals surface area (Å²) in [6, 6.07) is 3.09. The van der Waals surface area contributed by atoms with Crippen LogP contribution in [0.25, 0.3) is 0 Å². The normalized spacial score (nSPS) is 13.6. The van der Waals surface area contributed by atoms with Crippen molar-refractivity contribution >= 4 is 29.7 Å². The van der Waals surface area contributed by atoms with E-state index in [2.05, 4.69) is 10.6 Å². The lowest BCUT2D eigenvalue weighted by Crippen LogP contribution is -2.53. The number of nitrogens with zero attached hydrogens (tertiary/aromatic N) is 1. The number of benzene rings is 1. The van der Waals surface area contributed by atoms with E-state index in [1.165, 1.54) is 11.9 Å². The Hall–Kier alpha value is -2.42. The fraction of sp³-hybridized carbons (Fsp3) is 0.625. The highest BCUT2D eigenvalue weighted by atomic mass is 32.2. The molecule has 9 heteroatoms. The molecular formula is C24H39N3O5S. The Morgan fingerprint density at radius 2 is 1.76 bits per heavy atom. The number of carbonyl (C=O) groups is 3. The number of phenols is 1. The number of likely N-dealkylation sites (N-methyl/N-ethyl adjacent to an activating group) is 1. The van der Waals surface area contributed by atoms with E-state index in [4.69, 9.17) is 4.74 Å². The average molecular weight is 482 g/mol. The number of thioether (sulfide) groups is 1. The minimum atomic E-state index is -1.09. The van der Waals surface area contributed by atoms with Gasteiger partial charge in [0.05, 0.1) is 0 Å². The maximum atomic E-state index is 13.5. The molecule has 0 aliphatic heterocycles. The van der Waals surface area contributed by atoms with Crippen molar-refractivity contribution in [1.29, 1.82) is 0 Å². The zero-order chi connectivity index (χ0) is 25.6. The molecule has 3 N–H and O–H groups in total. The fourth-order valence-electron chi connectivity index (χ4n) is 3.18. The summed E-state index contributed by atoms with van der Waals surface area (Å²) in [5.41, 5.74) is -0.363. The van der Waals surface area contributed by atoms with Gasteiger partial charge in [0.1, 0.15) is 23.4 Å². The second-order valence-corrected chi connectivity index (χ2v) is 11.1. The van der Waals surface area contributed by atoms with Crippen molar-refractivity contribution in [2.45, 2.75) is 78.1 Å². The second-order valence-electron chi connectivity index (χ2n) is 10.1. The van der Waals surface area contributed by atoms with E-state index in [0.717, 1.165) is 0 Å². The van der Waals surface area contributed by atoms with Crippen LogP contribution in [0.1, 0.15) is 65.1 Å². The first kappa shape index (κ1) is 28.6. The van der Waals surface area contributed by atoms with Crippen LogP contribution in [0, 0.1) is 6.92 Å². The van der Waals surface area contributed by atoms with Crippen molar-refractivity contribution in [2.24, 2.45) is 0 Å². The molecule has 3 amide bonds. The highest BCUT2D eigenvalue weighted by Gasteiger charge is 2.36. The molecule has 0 aliphatic carbocycles. The number of hydrogen-bond donors (Lipinski definition) is 3. The second kappa shape index (κ2) is 11.6. The highest BCUT2D eigenvalue weighted by Crippen LogP contribution is 2.32. The average Bonchev–Trinajstić information content (AvgIpc) is 2.65. The molecule has 2 unspecified atom stereocenters. The van der Waals surface area contributed by atoms with E-state index in [1.54, 1.807) is 57.7 Å². The van der Waals surface area contributed by atoms with Crippen LogP contribution >= 0.6 is 11.8 Å². The van der Waals surface area contributed by atoms with Gasteiger partial charge in [-0.25, -0.2) is 4.79 Å². The number of carbonyl (C=O) groups excluding carboxylic acids is 3.